The van der Waals surface area contributed by atoms with Crippen LogP contribution in [0.1, 0.15) is 104 Å². The standard InChI is InChI=1S/C33H50O4/c1-5-6-7-10-30(36)33(18-19-33)31(37)16-11-22(2)27-14-15-28-24(9-8-17-32(27,28)4)12-13-25-20-26(34)21-29(35)23(25)3/h11-13,16,22,26-29,31,34-35,37H,3,5-10,14-15,17-21H2,1-2,4H3/t22-,26-,27-,28+,29+,31-,32-/m1/s1. The van der Waals surface area contributed by atoms with Crippen LogP contribution in [-0.4, -0.2) is 39.4 Å². The van der Waals surface area contributed by atoms with Crippen LogP contribution in [0.15, 0.2) is 47.6 Å². The molecule has 4 saturated carbocycles. The minimum Gasteiger partial charge on any atom is -0.393 e. The van der Waals surface area contributed by atoms with Crippen molar-refractivity contribution in [3.8, 4) is 0 Å². The summed E-state index contributed by atoms with van der Waals surface area (Å²) < 4.78 is 0. The number of aliphatic hydroxyl groups is 3. The Labute approximate surface area is 224 Å². The molecule has 0 spiro atoms. The van der Waals surface area contributed by atoms with Crippen molar-refractivity contribution in [1.29, 1.82) is 0 Å². The Balaban J connectivity index is 1.42. The maximum absolute atomic E-state index is 12.8. The molecule has 37 heavy (non-hydrogen) atoms. The van der Waals surface area contributed by atoms with E-state index in [0.29, 0.717) is 37.0 Å². The Kier molecular flexibility index (Phi) is 9.03. The third kappa shape index (κ3) is 5.92. The molecule has 0 heterocycles. The number of Topliss-reactive ketones (excluding diaryl/α,β-unsaturated/α-hetero) is 1. The molecule has 206 valence electrons. The molecular formula is C33H50O4. The van der Waals surface area contributed by atoms with Crippen molar-refractivity contribution in [3.05, 3.63) is 47.6 Å². The molecule has 0 aromatic carbocycles. The first-order valence-electron chi connectivity index (χ1n) is 15.0. The van der Waals surface area contributed by atoms with Crippen LogP contribution in [-0.2, 0) is 4.79 Å². The molecule has 0 radical (unpaired) electrons. The molecule has 4 aliphatic carbocycles. The van der Waals surface area contributed by atoms with Gasteiger partial charge >= 0.3 is 0 Å². The van der Waals surface area contributed by atoms with Crippen LogP contribution in [0.5, 0.6) is 0 Å². The minimum absolute atomic E-state index is 0.229. The lowest BCUT2D eigenvalue weighted by Gasteiger charge is -2.44. The lowest BCUT2D eigenvalue weighted by Crippen LogP contribution is -2.35. The maximum atomic E-state index is 12.8. The summed E-state index contributed by atoms with van der Waals surface area (Å²) in [6.07, 6.45) is 18.9. The quantitative estimate of drug-likeness (QED) is 0.228. The second kappa shape index (κ2) is 11.7. The van der Waals surface area contributed by atoms with E-state index in [9.17, 15) is 20.1 Å². The molecule has 4 heteroatoms. The summed E-state index contributed by atoms with van der Waals surface area (Å²) in [5, 5.41) is 31.3. The highest BCUT2D eigenvalue weighted by molar-refractivity contribution is 5.88. The maximum Gasteiger partial charge on any atom is 0.141 e. The summed E-state index contributed by atoms with van der Waals surface area (Å²) in [5.74, 6) is 1.72. The fraction of sp³-hybridized carbons (Fsp3) is 0.727. The number of allylic oxidation sites excluding steroid dienone is 4. The lowest BCUT2D eigenvalue weighted by atomic mass is 9.61. The molecular weight excluding hydrogens is 460 g/mol. The summed E-state index contributed by atoms with van der Waals surface area (Å²) in [6, 6.07) is 0. The fourth-order valence-corrected chi connectivity index (χ4v) is 7.87. The molecule has 0 unspecified atom stereocenters. The van der Waals surface area contributed by atoms with Crippen LogP contribution >= 0.6 is 0 Å². The molecule has 0 amide bonds. The average molecular weight is 511 g/mol. The van der Waals surface area contributed by atoms with Crippen LogP contribution in [0.25, 0.3) is 0 Å². The van der Waals surface area contributed by atoms with Crippen LogP contribution in [0.2, 0.25) is 0 Å². The Hall–Kier alpha value is -1.49. The molecule has 0 aromatic rings. The first-order valence-corrected chi connectivity index (χ1v) is 15.0. The molecule has 3 N–H and O–H groups in total. The van der Waals surface area contributed by atoms with Gasteiger partial charge in [0.2, 0.25) is 0 Å². The minimum atomic E-state index is -0.656. The molecule has 0 aliphatic heterocycles. The highest BCUT2D eigenvalue weighted by atomic mass is 16.3. The third-order valence-corrected chi connectivity index (χ3v) is 10.5. The van der Waals surface area contributed by atoms with Crippen molar-refractivity contribution in [2.75, 3.05) is 0 Å². The summed E-state index contributed by atoms with van der Waals surface area (Å²) in [6.45, 7) is 11.0. The van der Waals surface area contributed by atoms with Crippen molar-refractivity contribution < 1.29 is 20.1 Å². The average Bonchev–Trinajstić information content (AvgIpc) is 3.60. The monoisotopic (exact) mass is 510 g/mol. The van der Waals surface area contributed by atoms with E-state index in [1.165, 1.54) is 31.3 Å². The van der Waals surface area contributed by atoms with Gasteiger partial charge in [-0.2, -0.15) is 0 Å². The van der Waals surface area contributed by atoms with Crippen molar-refractivity contribution in [1.82, 2.24) is 0 Å². The van der Waals surface area contributed by atoms with Gasteiger partial charge in [0, 0.05) is 12.8 Å². The predicted molar refractivity (Wildman–Crippen MR) is 150 cm³/mol. The summed E-state index contributed by atoms with van der Waals surface area (Å²) in [7, 11) is 0. The van der Waals surface area contributed by atoms with E-state index in [1.807, 2.05) is 6.08 Å². The van der Waals surface area contributed by atoms with Gasteiger partial charge < -0.3 is 15.3 Å². The van der Waals surface area contributed by atoms with Crippen LogP contribution in [0.3, 0.4) is 0 Å². The van der Waals surface area contributed by atoms with Gasteiger partial charge in [-0.05, 0) is 92.1 Å². The van der Waals surface area contributed by atoms with Crippen molar-refractivity contribution in [2.45, 2.75) is 123 Å². The highest BCUT2D eigenvalue weighted by Crippen LogP contribution is 2.60. The molecule has 4 rings (SSSR count). The van der Waals surface area contributed by atoms with Gasteiger partial charge in [-0.15, -0.1) is 0 Å². The van der Waals surface area contributed by atoms with Gasteiger partial charge in [0.05, 0.1) is 23.7 Å². The highest BCUT2D eigenvalue weighted by Gasteiger charge is 2.54. The summed E-state index contributed by atoms with van der Waals surface area (Å²) in [5.41, 5.74) is 2.94. The molecule has 0 bridgehead atoms. The van der Waals surface area contributed by atoms with Gasteiger partial charge in [0.25, 0.3) is 0 Å². The van der Waals surface area contributed by atoms with Crippen molar-refractivity contribution >= 4 is 5.78 Å². The molecule has 4 aliphatic rings. The number of hydrogen-bond donors (Lipinski definition) is 3. The van der Waals surface area contributed by atoms with Crippen molar-refractivity contribution in [3.63, 3.8) is 0 Å². The Morgan fingerprint density at radius 3 is 2.59 bits per heavy atom. The van der Waals surface area contributed by atoms with Crippen LogP contribution < -0.4 is 0 Å². The molecule has 4 nitrogen and oxygen atoms in total. The Bertz CT molecular complexity index is 938. The Morgan fingerprint density at radius 2 is 1.89 bits per heavy atom. The van der Waals surface area contributed by atoms with Gasteiger partial charge in [0.15, 0.2) is 0 Å². The topological polar surface area (TPSA) is 77.8 Å². The number of carbonyl (C=O) groups is 1. The fourth-order valence-electron chi connectivity index (χ4n) is 7.87. The Morgan fingerprint density at radius 1 is 1.14 bits per heavy atom. The number of unbranched alkanes of at least 4 members (excludes halogenated alkanes) is 2. The zero-order valence-corrected chi connectivity index (χ0v) is 23.4. The summed E-state index contributed by atoms with van der Waals surface area (Å²) in [4.78, 5) is 12.8. The van der Waals surface area contributed by atoms with E-state index in [1.54, 1.807) is 0 Å². The largest absolute Gasteiger partial charge is 0.393 e. The predicted octanol–water partition coefficient (Wildman–Crippen LogP) is 6.61. The second-order valence-electron chi connectivity index (χ2n) is 12.9. The zero-order valence-electron chi connectivity index (χ0n) is 23.4. The zero-order chi connectivity index (χ0) is 26.8. The van der Waals surface area contributed by atoms with E-state index in [4.69, 9.17) is 0 Å². The number of rotatable bonds is 10. The van der Waals surface area contributed by atoms with Crippen LogP contribution in [0.4, 0.5) is 0 Å². The number of carbonyl (C=O) groups excluding carboxylic acids is 1. The van der Waals surface area contributed by atoms with E-state index < -0.39 is 23.7 Å². The van der Waals surface area contributed by atoms with Gasteiger partial charge in [-0.25, -0.2) is 0 Å². The molecule has 0 saturated heterocycles. The number of hydrogen-bond acceptors (Lipinski definition) is 4. The molecule has 4 fully saturated rings. The number of fused-ring (bicyclic) bond motifs is 1. The first-order chi connectivity index (χ1) is 17.6. The lowest BCUT2D eigenvalue weighted by molar-refractivity contribution is -0.127. The molecule has 7 atom stereocenters. The summed E-state index contributed by atoms with van der Waals surface area (Å²) >= 11 is 0. The van der Waals surface area contributed by atoms with Gasteiger partial charge in [-0.3, -0.25) is 4.79 Å². The molecule has 0 aromatic heterocycles. The van der Waals surface area contributed by atoms with Crippen LogP contribution in [0, 0.1) is 28.6 Å². The second-order valence-corrected chi connectivity index (χ2v) is 12.9. The third-order valence-electron chi connectivity index (χ3n) is 10.5. The van der Waals surface area contributed by atoms with Gasteiger partial charge in [0.1, 0.15) is 5.78 Å². The number of ketones is 1. The van der Waals surface area contributed by atoms with E-state index >= 15 is 0 Å². The van der Waals surface area contributed by atoms with E-state index in [2.05, 4.69) is 45.6 Å². The number of aliphatic hydroxyl groups excluding tert-OH is 3. The first kappa shape index (κ1) is 28.5. The van der Waals surface area contributed by atoms with Gasteiger partial charge in [-0.1, -0.05) is 70.1 Å². The van der Waals surface area contributed by atoms with E-state index in [-0.39, 0.29) is 11.2 Å². The normalized spacial score (nSPS) is 37.2. The SMILES string of the molecule is C=C1C(=CC=C2CCC[C@]3(C)[C@@H]([C@H](C)C=C[C@@H](O)C4(C(=O)CCCCC)CC4)CC[C@@H]23)C[C@@H](O)C[C@@H]1O. The van der Waals surface area contributed by atoms with E-state index in [0.717, 1.165) is 49.7 Å². The van der Waals surface area contributed by atoms with Crippen molar-refractivity contribution in [2.24, 2.45) is 28.6 Å². The smallest absolute Gasteiger partial charge is 0.141 e.